The zero-order valence-electron chi connectivity index (χ0n) is 18.4. The van der Waals surface area contributed by atoms with E-state index in [1.807, 2.05) is 17.7 Å². The number of unbranched alkanes of at least 4 members (excludes halogenated alkanes) is 1. The van der Waals surface area contributed by atoms with E-state index in [0.717, 1.165) is 60.7 Å². The van der Waals surface area contributed by atoms with Crippen LogP contribution in [0.1, 0.15) is 72.9 Å². The van der Waals surface area contributed by atoms with Gasteiger partial charge in [0, 0.05) is 30.4 Å². The standard InChI is InChI=1S/C22H27F3N6O/c1-4-5-9-31-20-19(14(3)28-31)16(11-17(27-20)15-6-7-15)21(32)26-13(2)12-30-10-8-18(29-30)22(23,24)25/h8,10-11,13,15H,4-7,9,12H2,1-3H3,(H,26,32)/t13-/m0/s1. The third kappa shape index (κ3) is 4.63. The Morgan fingerprint density at radius 1 is 1.31 bits per heavy atom. The highest BCUT2D eigenvalue weighted by Gasteiger charge is 2.33. The topological polar surface area (TPSA) is 77.6 Å². The molecule has 1 saturated carbocycles. The Bertz CT molecular complexity index is 1130. The number of carbonyl (C=O) groups is 1. The van der Waals surface area contributed by atoms with E-state index in [-0.39, 0.29) is 12.5 Å². The number of hydrogen-bond acceptors (Lipinski definition) is 4. The molecule has 0 radical (unpaired) electrons. The quantitative estimate of drug-likeness (QED) is 0.552. The fourth-order valence-electron chi connectivity index (χ4n) is 3.85. The highest BCUT2D eigenvalue weighted by Crippen LogP contribution is 2.40. The molecule has 7 nitrogen and oxygen atoms in total. The Balaban J connectivity index is 1.58. The van der Waals surface area contributed by atoms with E-state index in [1.165, 1.54) is 10.9 Å². The summed E-state index contributed by atoms with van der Waals surface area (Å²) in [6.45, 7) is 6.58. The second kappa shape index (κ2) is 8.55. The number of alkyl halides is 3. The number of pyridine rings is 1. The Morgan fingerprint density at radius 3 is 2.69 bits per heavy atom. The number of aryl methyl sites for hydroxylation is 2. The maximum Gasteiger partial charge on any atom is 0.435 e. The van der Waals surface area contributed by atoms with Crippen LogP contribution in [0.15, 0.2) is 18.3 Å². The van der Waals surface area contributed by atoms with Crippen molar-refractivity contribution in [1.82, 2.24) is 29.9 Å². The number of aromatic nitrogens is 5. The molecule has 32 heavy (non-hydrogen) atoms. The van der Waals surface area contributed by atoms with Crippen molar-refractivity contribution in [3.8, 4) is 0 Å². The fraction of sp³-hybridized carbons (Fsp3) is 0.545. The minimum Gasteiger partial charge on any atom is -0.348 e. The van der Waals surface area contributed by atoms with Gasteiger partial charge in [-0.3, -0.25) is 9.48 Å². The molecule has 1 N–H and O–H groups in total. The van der Waals surface area contributed by atoms with Gasteiger partial charge in [-0.25, -0.2) is 9.67 Å². The monoisotopic (exact) mass is 448 g/mol. The smallest absolute Gasteiger partial charge is 0.348 e. The average Bonchev–Trinajstić information content (AvgIpc) is 3.38. The second-order valence-electron chi connectivity index (χ2n) is 8.52. The molecule has 172 valence electrons. The van der Waals surface area contributed by atoms with Crippen LogP contribution in [0.25, 0.3) is 11.0 Å². The molecule has 0 spiro atoms. The van der Waals surface area contributed by atoms with E-state index in [0.29, 0.717) is 11.5 Å². The van der Waals surface area contributed by atoms with Gasteiger partial charge >= 0.3 is 6.18 Å². The summed E-state index contributed by atoms with van der Waals surface area (Å²) in [5.74, 6) is 0.0798. The van der Waals surface area contributed by atoms with Crippen LogP contribution < -0.4 is 5.32 Å². The molecule has 3 aromatic heterocycles. The fourth-order valence-corrected chi connectivity index (χ4v) is 3.85. The van der Waals surface area contributed by atoms with Gasteiger partial charge in [0.05, 0.1) is 23.2 Å². The first-order valence-corrected chi connectivity index (χ1v) is 11.0. The average molecular weight is 448 g/mol. The normalized spacial score (nSPS) is 15.3. The molecule has 1 atom stereocenters. The first-order chi connectivity index (χ1) is 15.2. The molecule has 1 aliphatic rings. The van der Waals surface area contributed by atoms with Gasteiger partial charge in [0.2, 0.25) is 0 Å². The highest BCUT2D eigenvalue weighted by molar-refractivity contribution is 6.06. The Morgan fingerprint density at radius 2 is 2.06 bits per heavy atom. The summed E-state index contributed by atoms with van der Waals surface area (Å²) in [6.07, 6.45) is 0.876. The van der Waals surface area contributed by atoms with Crippen molar-refractivity contribution in [3.63, 3.8) is 0 Å². The van der Waals surface area contributed by atoms with Crippen molar-refractivity contribution in [3.05, 3.63) is 41.0 Å². The summed E-state index contributed by atoms with van der Waals surface area (Å²) in [7, 11) is 0. The number of nitrogens with one attached hydrogen (secondary N) is 1. The van der Waals surface area contributed by atoms with Crippen LogP contribution in [0.2, 0.25) is 0 Å². The highest BCUT2D eigenvalue weighted by atomic mass is 19.4. The van der Waals surface area contributed by atoms with Gasteiger partial charge in [-0.15, -0.1) is 0 Å². The van der Waals surface area contributed by atoms with Crippen molar-refractivity contribution < 1.29 is 18.0 Å². The van der Waals surface area contributed by atoms with Crippen LogP contribution in [0.4, 0.5) is 13.2 Å². The SMILES string of the molecule is CCCCn1nc(C)c2c(C(=O)N[C@@H](C)Cn3ccc(C(F)(F)F)n3)cc(C3CC3)nc21. The van der Waals surface area contributed by atoms with E-state index < -0.39 is 17.9 Å². The van der Waals surface area contributed by atoms with Crippen molar-refractivity contribution in [2.75, 3.05) is 0 Å². The first kappa shape index (κ1) is 22.3. The first-order valence-electron chi connectivity index (χ1n) is 11.0. The van der Waals surface area contributed by atoms with Gasteiger partial charge in [-0.05, 0) is 45.2 Å². The maximum absolute atomic E-state index is 13.2. The lowest BCUT2D eigenvalue weighted by atomic mass is 10.1. The third-order valence-corrected chi connectivity index (χ3v) is 5.63. The van der Waals surface area contributed by atoms with Gasteiger partial charge in [-0.1, -0.05) is 13.3 Å². The van der Waals surface area contributed by atoms with E-state index >= 15 is 0 Å². The number of carbonyl (C=O) groups excluding carboxylic acids is 1. The number of nitrogens with zero attached hydrogens (tertiary/aromatic N) is 5. The molecule has 1 aliphatic carbocycles. The molecule has 10 heteroatoms. The lowest BCUT2D eigenvalue weighted by Gasteiger charge is -2.15. The number of rotatable bonds is 8. The van der Waals surface area contributed by atoms with Gasteiger partial charge in [0.25, 0.3) is 5.91 Å². The summed E-state index contributed by atoms with van der Waals surface area (Å²) in [6, 6.07) is 2.35. The largest absolute Gasteiger partial charge is 0.435 e. The van der Waals surface area contributed by atoms with Crippen molar-refractivity contribution >= 4 is 16.9 Å². The van der Waals surface area contributed by atoms with Gasteiger partial charge in [0.1, 0.15) is 0 Å². The van der Waals surface area contributed by atoms with Crippen LogP contribution >= 0.6 is 0 Å². The predicted molar refractivity (Wildman–Crippen MR) is 113 cm³/mol. The van der Waals surface area contributed by atoms with Crippen LogP contribution in [-0.2, 0) is 19.3 Å². The zero-order chi connectivity index (χ0) is 23.0. The molecule has 1 amide bonds. The molecule has 0 saturated heterocycles. The Hall–Kier alpha value is -2.91. The molecule has 0 aliphatic heterocycles. The Labute approximate surface area is 184 Å². The van der Waals surface area contributed by atoms with Crippen LogP contribution in [-0.4, -0.2) is 36.5 Å². The van der Waals surface area contributed by atoms with E-state index in [9.17, 15) is 18.0 Å². The number of amides is 1. The maximum atomic E-state index is 13.2. The molecule has 3 aromatic rings. The molecule has 0 aromatic carbocycles. The van der Waals surface area contributed by atoms with Crippen LogP contribution in [0, 0.1) is 6.92 Å². The second-order valence-corrected chi connectivity index (χ2v) is 8.52. The van der Waals surface area contributed by atoms with Crippen molar-refractivity contribution in [2.45, 2.75) is 77.7 Å². The van der Waals surface area contributed by atoms with E-state index in [2.05, 4.69) is 22.4 Å². The predicted octanol–water partition coefficient (Wildman–Crippen LogP) is 4.45. The molecule has 0 bridgehead atoms. The molecule has 1 fully saturated rings. The molecule has 4 rings (SSSR count). The van der Waals surface area contributed by atoms with Crippen molar-refractivity contribution in [1.29, 1.82) is 0 Å². The summed E-state index contributed by atoms with van der Waals surface area (Å²) in [4.78, 5) is 18.0. The van der Waals surface area contributed by atoms with Gasteiger partial charge in [0.15, 0.2) is 11.3 Å². The number of halogens is 3. The zero-order valence-corrected chi connectivity index (χ0v) is 18.4. The van der Waals surface area contributed by atoms with Crippen LogP contribution in [0.5, 0.6) is 0 Å². The molecular weight excluding hydrogens is 421 g/mol. The lowest BCUT2D eigenvalue weighted by Crippen LogP contribution is -2.36. The minimum atomic E-state index is -4.49. The summed E-state index contributed by atoms with van der Waals surface area (Å²) >= 11 is 0. The molecule has 0 unspecified atom stereocenters. The summed E-state index contributed by atoms with van der Waals surface area (Å²) < 4.78 is 41.4. The number of fused-ring (bicyclic) bond motifs is 1. The van der Waals surface area contributed by atoms with Gasteiger partial charge < -0.3 is 5.32 Å². The lowest BCUT2D eigenvalue weighted by molar-refractivity contribution is -0.141. The van der Waals surface area contributed by atoms with Gasteiger partial charge in [-0.2, -0.15) is 23.4 Å². The van der Waals surface area contributed by atoms with E-state index in [4.69, 9.17) is 4.98 Å². The molecule has 3 heterocycles. The van der Waals surface area contributed by atoms with Crippen LogP contribution in [0.3, 0.4) is 0 Å². The molecular formula is C22H27F3N6O. The minimum absolute atomic E-state index is 0.125. The summed E-state index contributed by atoms with van der Waals surface area (Å²) in [5.41, 5.74) is 1.93. The number of hydrogen-bond donors (Lipinski definition) is 1. The van der Waals surface area contributed by atoms with Crippen molar-refractivity contribution in [2.24, 2.45) is 0 Å². The third-order valence-electron chi connectivity index (χ3n) is 5.63. The Kier molecular flexibility index (Phi) is 5.96. The summed E-state index contributed by atoms with van der Waals surface area (Å²) in [5, 5.41) is 11.8. The van der Waals surface area contributed by atoms with E-state index in [1.54, 1.807) is 6.92 Å².